The number of rotatable bonds is 7. The number of ether oxygens (including phenoxy) is 5. The Morgan fingerprint density at radius 2 is 1.32 bits per heavy atom. The molecule has 0 atom stereocenters. The van der Waals surface area contributed by atoms with Crippen molar-refractivity contribution in [2.24, 2.45) is 0 Å². The number of carbonyl (C=O) groups excluding carboxylic acids is 1. The number of amides is 1. The molecule has 0 aliphatic heterocycles. The molecule has 0 radical (unpaired) electrons. The first-order valence-electron chi connectivity index (χ1n) is 7.41. The smallest absolute Gasteiger partial charge is 0.259 e. The lowest BCUT2D eigenvalue weighted by Crippen LogP contribution is -2.14. The van der Waals surface area contributed by atoms with Gasteiger partial charge in [-0.2, -0.15) is 0 Å². The molecule has 0 aliphatic carbocycles. The second-order valence-electron chi connectivity index (χ2n) is 4.93. The van der Waals surface area contributed by atoms with Crippen LogP contribution in [0.15, 0.2) is 30.3 Å². The Morgan fingerprint density at radius 1 is 0.720 bits per heavy atom. The number of benzene rings is 2. The van der Waals surface area contributed by atoms with Crippen LogP contribution in [-0.4, -0.2) is 41.5 Å². The van der Waals surface area contributed by atoms with Crippen LogP contribution >= 0.6 is 0 Å². The zero-order chi connectivity index (χ0) is 18.4. The molecule has 2 rings (SSSR count). The Bertz CT molecular complexity index is 759. The van der Waals surface area contributed by atoms with Gasteiger partial charge in [-0.3, -0.25) is 4.79 Å². The fourth-order valence-electron chi connectivity index (χ4n) is 2.30. The molecule has 7 heteroatoms. The van der Waals surface area contributed by atoms with Gasteiger partial charge in [0.15, 0.2) is 11.5 Å². The van der Waals surface area contributed by atoms with Crippen molar-refractivity contribution in [2.45, 2.75) is 0 Å². The summed E-state index contributed by atoms with van der Waals surface area (Å²) in [5, 5.41) is 2.80. The summed E-state index contributed by atoms with van der Waals surface area (Å²) in [5.74, 6) is 1.99. The molecule has 0 fully saturated rings. The van der Waals surface area contributed by atoms with E-state index in [1.54, 1.807) is 37.4 Å². The highest BCUT2D eigenvalue weighted by Gasteiger charge is 2.19. The summed E-state index contributed by atoms with van der Waals surface area (Å²) in [7, 11) is 7.56. The molecular weight excluding hydrogens is 326 g/mol. The van der Waals surface area contributed by atoms with Crippen LogP contribution in [0.4, 0.5) is 5.69 Å². The van der Waals surface area contributed by atoms with Crippen LogP contribution < -0.4 is 29.0 Å². The first kappa shape index (κ1) is 18.3. The molecule has 2 aromatic carbocycles. The number of anilines is 1. The Hall–Kier alpha value is -3.09. The molecule has 134 valence electrons. The van der Waals surface area contributed by atoms with Crippen LogP contribution in [0.1, 0.15) is 10.4 Å². The zero-order valence-electron chi connectivity index (χ0n) is 14.8. The highest BCUT2D eigenvalue weighted by molar-refractivity contribution is 6.07. The van der Waals surface area contributed by atoms with Crippen molar-refractivity contribution < 1.29 is 28.5 Å². The van der Waals surface area contributed by atoms with Gasteiger partial charge in [0.05, 0.1) is 46.8 Å². The van der Waals surface area contributed by atoms with Crippen molar-refractivity contribution in [1.29, 1.82) is 0 Å². The summed E-state index contributed by atoms with van der Waals surface area (Å²) >= 11 is 0. The van der Waals surface area contributed by atoms with Gasteiger partial charge in [-0.05, 0) is 12.1 Å². The first-order valence-corrected chi connectivity index (χ1v) is 7.41. The molecule has 0 saturated carbocycles. The number of methoxy groups -OCH3 is 5. The first-order chi connectivity index (χ1) is 12.1. The van der Waals surface area contributed by atoms with Crippen LogP contribution in [0.2, 0.25) is 0 Å². The maximum atomic E-state index is 12.7. The van der Waals surface area contributed by atoms with Crippen molar-refractivity contribution in [2.75, 3.05) is 40.9 Å². The summed E-state index contributed by atoms with van der Waals surface area (Å²) in [5.41, 5.74) is 0.808. The number of hydrogen-bond donors (Lipinski definition) is 1. The Balaban J connectivity index is 2.38. The molecule has 1 N–H and O–H groups in total. The van der Waals surface area contributed by atoms with E-state index in [4.69, 9.17) is 23.7 Å². The summed E-state index contributed by atoms with van der Waals surface area (Å²) in [6.45, 7) is 0. The maximum absolute atomic E-state index is 12.7. The van der Waals surface area contributed by atoms with Gasteiger partial charge in [0, 0.05) is 18.2 Å². The molecule has 0 spiro atoms. The van der Waals surface area contributed by atoms with E-state index in [0.717, 1.165) is 0 Å². The molecule has 0 heterocycles. The predicted molar refractivity (Wildman–Crippen MR) is 93.6 cm³/mol. The molecule has 0 bridgehead atoms. The lowest BCUT2D eigenvalue weighted by atomic mass is 10.1. The molecule has 0 aliphatic rings. The Labute approximate surface area is 146 Å². The fourth-order valence-corrected chi connectivity index (χ4v) is 2.30. The van der Waals surface area contributed by atoms with Crippen molar-refractivity contribution in [1.82, 2.24) is 0 Å². The van der Waals surface area contributed by atoms with E-state index in [0.29, 0.717) is 40.0 Å². The largest absolute Gasteiger partial charge is 0.497 e. The monoisotopic (exact) mass is 347 g/mol. The minimum atomic E-state index is -0.374. The van der Waals surface area contributed by atoms with Crippen molar-refractivity contribution in [3.05, 3.63) is 35.9 Å². The third-order valence-corrected chi connectivity index (χ3v) is 3.61. The highest BCUT2D eigenvalue weighted by Crippen LogP contribution is 2.36. The normalized spacial score (nSPS) is 9.96. The molecule has 25 heavy (non-hydrogen) atoms. The minimum Gasteiger partial charge on any atom is -0.497 e. The molecular formula is C18H21NO6. The Kier molecular flexibility index (Phi) is 5.94. The average molecular weight is 347 g/mol. The number of nitrogens with one attached hydrogen (secondary N) is 1. The summed E-state index contributed by atoms with van der Waals surface area (Å²) < 4.78 is 26.2. The summed E-state index contributed by atoms with van der Waals surface area (Å²) in [4.78, 5) is 12.7. The maximum Gasteiger partial charge on any atom is 0.259 e. The summed E-state index contributed by atoms with van der Waals surface area (Å²) in [6, 6.07) is 8.26. The van der Waals surface area contributed by atoms with Gasteiger partial charge in [0.2, 0.25) is 0 Å². The van der Waals surface area contributed by atoms with E-state index in [9.17, 15) is 4.79 Å². The van der Waals surface area contributed by atoms with E-state index in [2.05, 4.69) is 5.32 Å². The van der Waals surface area contributed by atoms with E-state index < -0.39 is 0 Å². The highest BCUT2D eigenvalue weighted by atomic mass is 16.5. The van der Waals surface area contributed by atoms with Crippen LogP contribution in [0.25, 0.3) is 0 Å². The van der Waals surface area contributed by atoms with Crippen LogP contribution in [-0.2, 0) is 0 Å². The second kappa shape index (κ2) is 8.14. The van der Waals surface area contributed by atoms with Crippen LogP contribution in [0, 0.1) is 0 Å². The van der Waals surface area contributed by atoms with Gasteiger partial charge in [0.25, 0.3) is 5.91 Å². The van der Waals surface area contributed by atoms with Crippen LogP contribution in [0.5, 0.6) is 28.7 Å². The number of hydrogen-bond acceptors (Lipinski definition) is 6. The lowest BCUT2D eigenvalue weighted by Gasteiger charge is -2.15. The fraction of sp³-hybridized carbons (Fsp3) is 0.278. The minimum absolute atomic E-state index is 0.304. The summed E-state index contributed by atoms with van der Waals surface area (Å²) in [6.07, 6.45) is 0. The quantitative estimate of drug-likeness (QED) is 0.830. The average Bonchev–Trinajstić information content (AvgIpc) is 2.66. The van der Waals surface area contributed by atoms with Crippen molar-refractivity contribution >= 4 is 11.6 Å². The molecule has 0 unspecified atom stereocenters. The van der Waals surface area contributed by atoms with Gasteiger partial charge >= 0.3 is 0 Å². The molecule has 0 aromatic heterocycles. The van der Waals surface area contributed by atoms with Gasteiger partial charge in [-0.1, -0.05) is 0 Å². The van der Waals surface area contributed by atoms with Gasteiger partial charge in [0.1, 0.15) is 17.2 Å². The van der Waals surface area contributed by atoms with Gasteiger partial charge in [-0.25, -0.2) is 0 Å². The molecule has 2 aromatic rings. The van der Waals surface area contributed by atoms with Crippen molar-refractivity contribution in [3.8, 4) is 28.7 Å². The lowest BCUT2D eigenvalue weighted by molar-refractivity contribution is 0.102. The third-order valence-electron chi connectivity index (χ3n) is 3.61. The SMILES string of the molecule is COc1ccc(NC(=O)c2cc(OC)c(OC)cc2OC)c(OC)c1. The predicted octanol–water partition coefficient (Wildman–Crippen LogP) is 2.98. The number of carbonyl (C=O) groups is 1. The van der Waals surface area contributed by atoms with E-state index in [1.807, 2.05) is 0 Å². The van der Waals surface area contributed by atoms with Crippen LogP contribution in [0.3, 0.4) is 0 Å². The standard InChI is InChI=1S/C18H21NO6/c1-21-11-6-7-13(15(8-11)23-3)19-18(20)12-9-16(24-4)17(25-5)10-14(12)22-2/h6-10H,1-5H3,(H,19,20). The third kappa shape index (κ3) is 3.88. The molecule has 1 amide bonds. The van der Waals surface area contributed by atoms with E-state index in [-0.39, 0.29) is 5.91 Å². The Morgan fingerprint density at radius 3 is 1.88 bits per heavy atom. The van der Waals surface area contributed by atoms with Gasteiger partial charge in [-0.15, -0.1) is 0 Å². The van der Waals surface area contributed by atoms with Gasteiger partial charge < -0.3 is 29.0 Å². The second-order valence-corrected chi connectivity index (χ2v) is 4.93. The van der Waals surface area contributed by atoms with Crippen molar-refractivity contribution in [3.63, 3.8) is 0 Å². The molecule has 7 nitrogen and oxygen atoms in total. The van der Waals surface area contributed by atoms with E-state index >= 15 is 0 Å². The zero-order valence-corrected chi connectivity index (χ0v) is 14.8. The molecule has 0 saturated heterocycles. The van der Waals surface area contributed by atoms with E-state index in [1.165, 1.54) is 28.4 Å². The topological polar surface area (TPSA) is 75.3 Å².